The molecule has 0 amide bonds. The third kappa shape index (κ3) is 4.58. The van der Waals surface area contributed by atoms with Crippen LogP contribution in [0.15, 0.2) is 35.5 Å². The summed E-state index contributed by atoms with van der Waals surface area (Å²) in [5.41, 5.74) is 1.34. The van der Waals surface area contributed by atoms with Crippen molar-refractivity contribution >= 4 is 11.8 Å². The molecule has 1 aromatic carbocycles. The highest BCUT2D eigenvalue weighted by Gasteiger charge is 2.13. The summed E-state index contributed by atoms with van der Waals surface area (Å²) < 4.78 is 1.97. The van der Waals surface area contributed by atoms with Crippen LogP contribution in [0.5, 0.6) is 0 Å². The lowest BCUT2D eigenvalue weighted by Crippen LogP contribution is -2.34. The molecule has 0 bridgehead atoms. The number of likely N-dealkylation sites (N-methyl/N-ethyl adjacent to an activating group) is 1. The van der Waals surface area contributed by atoms with Crippen molar-refractivity contribution in [2.24, 2.45) is 0 Å². The molecule has 0 aliphatic carbocycles. The second-order valence-electron chi connectivity index (χ2n) is 5.03. The minimum absolute atomic E-state index is 0.411. The Hall–Kier alpha value is -1.33. The molecule has 1 unspecified atom stereocenters. The van der Waals surface area contributed by atoms with Gasteiger partial charge in [-0.1, -0.05) is 25.1 Å². The van der Waals surface area contributed by atoms with Gasteiger partial charge in [0.1, 0.15) is 12.2 Å². The smallest absolute Gasteiger partial charge is 0.138 e. The number of nitrogens with zero attached hydrogens (tertiary/aromatic N) is 3. The summed E-state index contributed by atoms with van der Waals surface area (Å²) in [5, 5.41) is 7.81. The molecule has 1 aromatic heterocycles. The van der Waals surface area contributed by atoms with Crippen LogP contribution in [0.2, 0.25) is 0 Å². The molecule has 1 atom stereocenters. The van der Waals surface area contributed by atoms with Gasteiger partial charge in [0.15, 0.2) is 0 Å². The van der Waals surface area contributed by atoms with Crippen LogP contribution in [0.3, 0.4) is 0 Å². The number of hydrogen-bond acceptors (Lipinski definition) is 4. The van der Waals surface area contributed by atoms with Gasteiger partial charge in [-0.25, -0.2) is 4.98 Å². The van der Waals surface area contributed by atoms with Crippen molar-refractivity contribution in [3.63, 3.8) is 0 Å². The largest absolute Gasteiger partial charge is 0.313 e. The van der Waals surface area contributed by atoms with Crippen molar-refractivity contribution in [3.05, 3.63) is 42.0 Å². The summed E-state index contributed by atoms with van der Waals surface area (Å²) in [4.78, 5) is 5.74. The molecule has 1 heterocycles. The first-order valence-corrected chi connectivity index (χ1v) is 8.51. The van der Waals surface area contributed by atoms with E-state index in [4.69, 9.17) is 0 Å². The highest BCUT2D eigenvalue weighted by Crippen LogP contribution is 2.23. The topological polar surface area (TPSA) is 42.7 Å². The second kappa shape index (κ2) is 8.20. The van der Waals surface area contributed by atoms with Crippen molar-refractivity contribution in [3.8, 4) is 0 Å². The van der Waals surface area contributed by atoms with Crippen molar-refractivity contribution in [2.75, 3.05) is 12.3 Å². The number of hydrogen-bond donors (Lipinski definition) is 1. The first-order chi connectivity index (χ1) is 10.2. The van der Waals surface area contributed by atoms with Crippen molar-refractivity contribution < 1.29 is 0 Å². The van der Waals surface area contributed by atoms with E-state index in [2.05, 4.69) is 60.4 Å². The highest BCUT2D eigenvalue weighted by molar-refractivity contribution is 7.99. The lowest BCUT2D eigenvalue weighted by Gasteiger charge is -2.18. The van der Waals surface area contributed by atoms with Crippen LogP contribution in [-0.2, 0) is 13.0 Å². The van der Waals surface area contributed by atoms with Crippen LogP contribution in [0.25, 0.3) is 0 Å². The summed E-state index contributed by atoms with van der Waals surface area (Å²) in [7, 11) is 0. The number of aryl methyl sites for hydroxylation is 2. The first-order valence-electron chi connectivity index (χ1n) is 7.53. The fraction of sp³-hybridized carbons (Fsp3) is 0.500. The molecule has 1 N–H and O–H groups in total. The quantitative estimate of drug-likeness (QED) is 0.762. The minimum Gasteiger partial charge on any atom is -0.313 e. The maximum atomic E-state index is 4.38. The summed E-state index contributed by atoms with van der Waals surface area (Å²) in [6, 6.07) is 8.96. The zero-order valence-electron chi connectivity index (χ0n) is 13.0. The Morgan fingerprint density at radius 3 is 2.81 bits per heavy atom. The summed E-state index contributed by atoms with van der Waals surface area (Å²) in [5.74, 6) is 2.10. The van der Waals surface area contributed by atoms with Crippen LogP contribution in [-0.4, -0.2) is 33.1 Å². The van der Waals surface area contributed by atoms with Crippen molar-refractivity contribution in [1.82, 2.24) is 20.1 Å². The Balaban J connectivity index is 1.97. The zero-order chi connectivity index (χ0) is 15.1. The Morgan fingerprint density at radius 1 is 1.29 bits per heavy atom. The van der Waals surface area contributed by atoms with Gasteiger partial charge in [-0.15, -0.1) is 11.8 Å². The van der Waals surface area contributed by atoms with E-state index in [0.29, 0.717) is 6.04 Å². The van der Waals surface area contributed by atoms with E-state index in [1.54, 1.807) is 6.33 Å². The first kappa shape index (κ1) is 16.0. The molecule has 0 saturated carbocycles. The molecule has 0 aliphatic rings. The van der Waals surface area contributed by atoms with E-state index < -0.39 is 0 Å². The standard InChI is InChI=1S/C16H24N4S/c1-4-17-14(10-16-18-12-19-20(16)5-2)11-21-15-9-7-6-8-13(15)3/h6-9,12,14,17H,4-5,10-11H2,1-3H3. The fourth-order valence-corrected chi connectivity index (χ4v) is 3.41. The third-order valence-corrected chi connectivity index (χ3v) is 4.79. The second-order valence-corrected chi connectivity index (χ2v) is 6.09. The van der Waals surface area contributed by atoms with Crippen LogP contribution < -0.4 is 5.32 Å². The fourth-order valence-electron chi connectivity index (χ4n) is 2.32. The van der Waals surface area contributed by atoms with E-state index in [0.717, 1.165) is 31.1 Å². The van der Waals surface area contributed by atoms with E-state index in [-0.39, 0.29) is 0 Å². The molecule has 0 aliphatic heterocycles. The molecule has 21 heavy (non-hydrogen) atoms. The average Bonchev–Trinajstić information content (AvgIpc) is 2.93. The Labute approximate surface area is 131 Å². The van der Waals surface area contributed by atoms with E-state index in [1.807, 2.05) is 16.4 Å². The molecule has 0 radical (unpaired) electrons. The van der Waals surface area contributed by atoms with Gasteiger partial charge in [0.05, 0.1) is 0 Å². The summed E-state index contributed by atoms with van der Waals surface area (Å²) in [6.45, 7) is 8.26. The lowest BCUT2D eigenvalue weighted by atomic mass is 10.2. The Morgan fingerprint density at radius 2 is 2.10 bits per heavy atom. The Kier molecular flexibility index (Phi) is 6.26. The van der Waals surface area contributed by atoms with Gasteiger partial charge in [0, 0.05) is 29.7 Å². The normalized spacial score (nSPS) is 12.5. The van der Waals surface area contributed by atoms with Crippen LogP contribution >= 0.6 is 11.8 Å². The maximum Gasteiger partial charge on any atom is 0.138 e. The number of aromatic nitrogens is 3. The summed E-state index contributed by atoms with van der Waals surface area (Å²) in [6.07, 6.45) is 2.57. The molecule has 0 fully saturated rings. The molecular formula is C16H24N4S. The number of nitrogens with one attached hydrogen (secondary N) is 1. The Bertz CT molecular complexity index is 553. The molecule has 5 heteroatoms. The van der Waals surface area contributed by atoms with Crippen molar-refractivity contribution in [2.45, 2.75) is 44.7 Å². The van der Waals surface area contributed by atoms with Gasteiger partial charge in [-0.2, -0.15) is 5.10 Å². The van der Waals surface area contributed by atoms with E-state index in [1.165, 1.54) is 10.5 Å². The van der Waals surface area contributed by atoms with E-state index >= 15 is 0 Å². The SMILES string of the molecule is CCNC(CSc1ccccc1C)Cc1ncnn1CC. The van der Waals surface area contributed by atoms with Crippen LogP contribution in [0.1, 0.15) is 25.2 Å². The molecule has 0 spiro atoms. The molecule has 114 valence electrons. The predicted octanol–water partition coefficient (Wildman–Crippen LogP) is 2.92. The molecule has 2 aromatic rings. The molecule has 4 nitrogen and oxygen atoms in total. The molecule has 2 rings (SSSR count). The van der Waals surface area contributed by atoms with Crippen LogP contribution in [0, 0.1) is 6.92 Å². The average molecular weight is 304 g/mol. The maximum absolute atomic E-state index is 4.38. The van der Waals surface area contributed by atoms with Gasteiger partial charge in [0.25, 0.3) is 0 Å². The van der Waals surface area contributed by atoms with Gasteiger partial charge >= 0.3 is 0 Å². The third-order valence-electron chi connectivity index (χ3n) is 3.45. The van der Waals surface area contributed by atoms with Gasteiger partial charge in [-0.3, -0.25) is 4.68 Å². The molecular weight excluding hydrogens is 280 g/mol. The van der Waals surface area contributed by atoms with Gasteiger partial charge < -0.3 is 5.32 Å². The lowest BCUT2D eigenvalue weighted by molar-refractivity contribution is 0.527. The zero-order valence-corrected chi connectivity index (χ0v) is 13.9. The van der Waals surface area contributed by atoms with Crippen LogP contribution in [0.4, 0.5) is 0 Å². The summed E-state index contributed by atoms with van der Waals surface area (Å²) >= 11 is 1.91. The molecule has 0 saturated heterocycles. The predicted molar refractivity (Wildman–Crippen MR) is 88.8 cm³/mol. The number of thioether (sulfide) groups is 1. The number of rotatable bonds is 8. The minimum atomic E-state index is 0.411. The van der Waals surface area contributed by atoms with Gasteiger partial charge in [0.2, 0.25) is 0 Å². The van der Waals surface area contributed by atoms with E-state index in [9.17, 15) is 0 Å². The highest BCUT2D eigenvalue weighted by atomic mass is 32.2. The van der Waals surface area contributed by atoms with Gasteiger partial charge in [-0.05, 0) is 32.0 Å². The van der Waals surface area contributed by atoms with Crippen molar-refractivity contribution in [1.29, 1.82) is 0 Å². The number of benzene rings is 1. The monoisotopic (exact) mass is 304 g/mol.